The van der Waals surface area contributed by atoms with E-state index in [1.54, 1.807) is 14.2 Å². The lowest BCUT2D eigenvalue weighted by molar-refractivity contribution is -0.138. The predicted octanol–water partition coefficient (Wildman–Crippen LogP) is 3.57. The highest BCUT2D eigenvalue weighted by Gasteiger charge is 2.29. The third-order valence-electron chi connectivity index (χ3n) is 4.51. The molecule has 3 rings (SSSR count). The van der Waals surface area contributed by atoms with Gasteiger partial charge < -0.3 is 14.6 Å². The molecule has 0 spiro atoms. The van der Waals surface area contributed by atoms with Crippen LogP contribution in [0.25, 0.3) is 10.8 Å². The SMILES string of the molecule is COc1ccc2ccc3c(c2c1)CC(CC(=O)O)CC3OC. The molecule has 1 aliphatic rings. The zero-order valence-electron chi connectivity index (χ0n) is 12.8. The Bertz CT molecular complexity index is 708. The summed E-state index contributed by atoms with van der Waals surface area (Å²) in [6.07, 6.45) is 1.67. The minimum absolute atomic E-state index is 0.0382. The van der Waals surface area contributed by atoms with Gasteiger partial charge >= 0.3 is 5.97 Å². The molecule has 0 amide bonds. The first-order valence-corrected chi connectivity index (χ1v) is 7.46. The van der Waals surface area contributed by atoms with Crippen LogP contribution in [0.15, 0.2) is 30.3 Å². The van der Waals surface area contributed by atoms with Crippen molar-refractivity contribution in [1.82, 2.24) is 0 Å². The van der Waals surface area contributed by atoms with Crippen molar-refractivity contribution in [2.75, 3.05) is 14.2 Å². The van der Waals surface area contributed by atoms with E-state index in [1.165, 1.54) is 11.1 Å². The highest BCUT2D eigenvalue weighted by molar-refractivity contribution is 5.88. The molecule has 0 fully saturated rings. The molecule has 4 heteroatoms. The Hall–Kier alpha value is -2.07. The standard InChI is InChI=1S/C18H20O4/c1-21-13-5-3-12-4-6-14-16(15(12)10-13)7-11(9-18(19)20)8-17(14)22-2/h3-6,10-11,17H,7-9H2,1-2H3,(H,19,20). The van der Waals surface area contributed by atoms with Gasteiger partial charge in [0.2, 0.25) is 0 Å². The number of carboxylic acid groups (broad SMARTS) is 1. The highest BCUT2D eigenvalue weighted by Crippen LogP contribution is 2.40. The number of hydrogen-bond donors (Lipinski definition) is 1. The maximum Gasteiger partial charge on any atom is 0.303 e. The fourth-order valence-electron chi connectivity index (χ4n) is 3.46. The van der Waals surface area contributed by atoms with Crippen LogP contribution in [-0.4, -0.2) is 25.3 Å². The molecule has 0 bridgehead atoms. The smallest absolute Gasteiger partial charge is 0.303 e. The van der Waals surface area contributed by atoms with Crippen LogP contribution in [0.2, 0.25) is 0 Å². The molecule has 0 heterocycles. The van der Waals surface area contributed by atoms with Crippen molar-refractivity contribution in [2.45, 2.75) is 25.4 Å². The third kappa shape index (κ3) is 2.66. The first-order valence-electron chi connectivity index (χ1n) is 7.46. The maximum absolute atomic E-state index is 11.1. The van der Waals surface area contributed by atoms with E-state index in [2.05, 4.69) is 12.1 Å². The average molecular weight is 300 g/mol. The van der Waals surface area contributed by atoms with Crippen molar-refractivity contribution >= 4 is 16.7 Å². The van der Waals surface area contributed by atoms with Crippen molar-refractivity contribution in [3.63, 3.8) is 0 Å². The number of carboxylic acids is 1. The van der Waals surface area contributed by atoms with Crippen molar-refractivity contribution in [3.05, 3.63) is 41.5 Å². The van der Waals surface area contributed by atoms with Crippen molar-refractivity contribution in [2.24, 2.45) is 5.92 Å². The van der Waals surface area contributed by atoms with Gasteiger partial charge in [-0.3, -0.25) is 4.79 Å². The molecule has 0 aromatic heterocycles. The first kappa shape index (κ1) is 14.9. The van der Waals surface area contributed by atoms with Crippen LogP contribution in [0.1, 0.15) is 30.1 Å². The van der Waals surface area contributed by atoms with E-state index in [0.717, 1.165) is 29.4 Å². The summed E-state index contributed by atoms with van der Waals surface area (Å²) in [7, 11) is 3.34. The molecule has 2 aromatic carbocycles. The Kier molecular flexibility index (Phi) is 4.03. The first-order chi connectivity index (χ1) is 10.6. The average Bonchev–Trinajstić information content (AvgIpc) is 2.52. The molecule has 1 aliphatic carbocycles. The Labute approximate surface area is 129 Å². The second-order valence-electron chi connectivity index (χ2n) is 5.85. The largest absolute Gasteiger partial charge is 0.497 e. The normalized spacial score (nSPS) is 20.6. The molecule has 0 saturated carbocycles. The van der Waals surface area contributed by atoms with Gasteiger partial charge in [0.1, 0.15) is 5.75 Å². The van der Waals surface area contributed by atoms with E-state index in [9.17, 15) is 4.79 Å². The maximum atomic E-state index is 11.1. The summed E-state index contributed by atoms with van der Waals surface area (Å²) in [6.45, 7) is 0. The lowest BCUT2D eigenvalue weighted by atomic mass is 9.78. The van der Waals surface area contributed by atoms with E-state index < -0.39 is 5.97 Å². The van der Waals surface area contributed by atoms with Gasteiger partial charge in [-0.05, 0) is 52.8 Å². The molecule has 2 unspecified atom stereocenters. The zero-order chi connectivity index (χ0) is 15.7. The summed E-state index contributed by atoms with van der Waals surface area (Å²) >= 11 is 0. The molecular weight excluding hydrogens is 280 g/mol. The van der Waals surface area contributed by atoms with Gasteiger partial charge in [0.05, 0.1) is 13.2 Å². The van der Waals surface area contributed by atoms with E-state index in [0.29, 0.717) is 0 Å². The number of rotatable bonds is 4. The Balaban J connectivity index is 2.11. The number of hydrogen-bond acceptors (Lipinski definition) is 3. The lowest BCUT2D eigenvalue weighted by Crippen LogP contribution is -2.22. The number of carbonyl (C=O) groups is 1. The van der Waals surface area contributed by atoms with Crippen LogP contribution in [0.5, 0.6) is 5.75 Å². The van der Waals surface area contributed by atoms with Gasteiger partial charge in [-0.1, -0.05) is 18.2 Å². The molecule has 1 N–H and O–H groups in total. The fraction of sp³-hybridized carbons (Fsp3) is 0.389. The van der Waals surface area contributed by atoms with Crippen LogP contribution in [0, 0.1) is 5.92 Å². The van der Waals surface area contributed by atoms with E-state index >= 15 is 0 Å². The van der Waals surface area contributed by atoms with Crippen LogP contribution in [0.3, 0.4) is 0 Å². The minimum atomic E-state index is -0.749. The van der Waals surface area contributed by atoms with Gasteiger partial charge in [0.15, 0.2) is 0 Å². The number of benzene rings is 2. The monoisotopic (exact) mass is 300 g/mol. The van der Waals surface area contributed by atoms with Crippen molar-refractivity contribution in [3.8, 4) is 5.75 Å². The summed E-state index contributed by atoms with van der Waals surface area (Å²) in [5.74, 6) is 0.170. The van der Waals surface area contributed by atoms with Gasteiger partial charge in [0, 0.05) is 13.5 Å². The molecule has 116 valence electrons. The lowest BCUT2D eigenvalue weighted by Gasteiger charge is -2.31. The van der Waals surface area contributed by atoms with Crippen LogP contribution >= 0.6 is 0 Å². The minimum Gasteiger partial charge on any atom is -0.497 e. The summed E-state index contributed by atoms with van der Waals surface area (Å²) in [4.78, 5) is 11.1. The summed E-state index contributed by atoms with van der Waals surface area (Å²) in [5.41, 5.74) is 2.37. The zero-order valence-corrected chi connectivity index (χ0v) is 12.8. The number of ether oxygens (including phenoxy) is 2. The quantitative estimate of drug-likeness (QED) is 0.937. The topological polar surface area (TPSA) is 55.8 Å². The van der Waals surface area contributed by atoms with Crippen LogP contribution in [-0.2, 0) is 16.0 Å². The number of methoxy groups -OCH3 is 2. The molecule has 0 saturated heterocycles. The van der Waals surface area contributed by atoms with Gasteiger partial charge in [-0.15, -0.1) is 0 Å². The summed E-state index contributed by atoms with van der Waals surface area (Å²) < 4.78 is 10.9. The Morgan fingerprint density at radius 1 is 1.27 bits per heavy atom. The number of aliphatic carboxylic acids is 1. The molecular formula is C18H20O4. The van der Waals surface area contributed by atoms with Crippen molar-refractivity contribution < 1.29 is 19.4 Å². The van der Waals surface area contributed by atoms with E-state index in [1.807, 2.05) is 18.2 Å². The summed E-state index contributed by atoms with van der Waals surface area (Å²) in [5, 5.41) is 11.4. The summed E-state index contributed by atoms with van der Waals surface area (Å²) in [6, 6.07) is 10.2. The molecule has 0 radical (unpaired) electrons. The molecule has 2 atom stereocenters. The van der Waals surface area contributed by atoms with Gasteiger partial charge in [-0.25, -0.2) is 0 Å². The molecule has 2 aromatic rings. The molecule has 0 aliphatic heterocycles. The molecule has 4 nitrogen and oxygen atoms in total. The number of fused-ring (bicyclic) bond motifs is 3. The molecule has 22 heavy (non-hydrogen) atoms. The van der Waals surface area contributed by atoms with Gasteiger partial charge in [0.25, 0.3) is 0 Å². The Morgan fingerprint density at radius 2 is 2.05 bits per heavy atom. The third-order valence-corrected chi connectivity index (χ3v) is 4.51. The van der Waals surface area contributed by atoms with Crippen LogP contribution in [0.4, 0.5) is 0 Å². The fourth-order valence-corrected chi connectivity index (χ4v) is 3.46. The van der Waals surface area contributed by atoms with Crippen LogP contribution < -0.4 is 4.74 Å². The Morgan fingerprint density at radius 3 is 2.73 bits per heavy atom. The second kappa shape index (κ2) is 5.97. The van der Waals surface area contributed by atoms with E-state index in [4.69, 9.17) is 14.6 Å². The van der Waals surface area contributed by atoms with Crippen molar-refractivity contribution in [1.29, 1.82) is 0 Å². The second-order valence-corrected chi connectivity index (χ2v) is 5.85. The predicted molar refractivity (Wildman–Crippen MR) is 84.3 cm³/mol. The van der Waals surface area contributed by atoms with E-state index in [-0.39, 0.29) is 18.4 Å². The van der Waals surface area contributed by atoms with Gasteiger partial charge in [-0.2, -0.15) is 0 Å². The highest BCUT2D eigenvalue weighted by atomic mass is 16.5.